The Bertz CT molecular complexity index is 1830. The zero-order valence-electron chi connectivity index (χ0n) is 26.6. The molecule has 0 bridgehead atoms. The number of likely N-dealkylation sites (tertiary alicyclic amines) is 1. The second-order valence-electron chi connectivity index (χ2n) is 12.6. The van der Waals surface area contributed by atoms with Crippen molar-refractivity contribution in [2.45, 2.75) is 44.3 Å². The number of ether oxygens (including phenoxy) is 1. The first-order valence-corrected chi connectivity index (χ1v) is 16.6. The van der Waals surface area contributed by atoms with Gasteiger partial charge in [-0.1, -0.05) is 42.4 Å². The Kier molecular flexibility index (Phi) is 8.76. The fourth-order valence-electron chi connectivity index (χ4n) is 7.15. The average molecular weight is 652 g/mol. The molecule has 1 amide bonds. The Balaban J connectivity index is 1.20. The van der Waals surface area contributed by atoms with E-state index in [4.69, 9.17) is 30.7 Å². The molecule has 4 aromatic rings. The summed E-state index contributed by atoms with van der Waals surface area (Å²) >= 11 is 6.73. The van der Waals surface area contributed by atoms with Crippen LogP contribution in [-0.2, 0) is 17.8 Å². The number of fused-ring (bicyclic) bond motifs is 2. The quantitative estimate of drug-likeness (QED) is 0.227. The molecule has 5 heterocycles. The molecule has 0 spiro atoms. The lowest BCUT2D eigenvalue weighted by molar-refractivity contribution is -0.127. The predicted molar refractivity (Wildman–Crippen MR) is 183 cm³/mol. The van der Waals surface area contributed by atoms with E-state index in [-0.39, 0.29) is 18.4 Å². The molecule has 11 heteroatoms. The molecule has 2 aromatic carbocycles. The van der Waals surface area contributed by atoms with Crippen molar-refractivity contribution in [2.24, 2.45) is 0 Å². The summed E-state index contributed by atoms with van der Waals surface area (Å²) in [6, 6.07) is 16.6. The van der Waals surface area contributed by atoms with Crippen LogP contribution < -0.4 is 14.5 Å². The smallest absolute Gasteiger partial charge is 0.318 e. The van der Waals surface area contributed by atoms with Crippen LogP contribution in [0.1, 0.15) is 36.1 Å². The fourth-order valence-corrected chi connectivity index (χ4v) is 7.43. The number of amides is 1. The van der Waals surface area contributed by atoms with Gasteiger partial charge in [0.2, 0.25) is 0 Å². The van der Waals surface area contributed by atoms with Gasteiger partial charge in [0.1, 0.15) is 12.4 Å². The van der Waals surface area contributed by atoms with Gasteiger partial charge >= 0.3 is 6.01 Å². The number of nitriles is 1. The zero-order valence-corrected chi connectivity index (χ0v) is 27.3. The molecule has 0 unspecified atom stereocenters. The van der Waals surface area contributed by atoms with E-state index >= 15 is 0 Å². The van der Waals surface area contributed by atoms with Crippen LogP contribution in [0.5, 0.6) is 6.01 Å². The molecular weight excluding hydrogens is 614 g/mol. The normalized spacial score (nSPS) is 19.9. The van der Waals surface area contributed by atoms with Crippen LogP contribution >= 0.6 is 11.6 Å². The van der Waals surface area contributed by atoms with Crippen molar-refractivity contribution in [1.82, 2.24) is 19.8 Å². The Morgan fingerprint density at radius 3 is 2.72 bits per heavy atom. The molecule has 0 aliphatic carbocycles. The number of hydrogen-bond donors (Lipinski definition) is 0. The summed E-state index contributed by atoms with van der Waals surface area (Å²) < 4.78 is 11.5. The van der Waals surface area contributed by atoms with Crippen molar-refractivity contribution in [3.8, 4) is 12.1 Å². The van der Waals surface area contributed by atoms with Gasteiger partial charge in [0, 0.05) is 60.0 Å². The van der Waals surface area contributed by atoms with Gasteiger partial charge in [-0.3, -0.25) is 4.79 Å². The van der Waals surface area contributed by atoms with E-state index in [0.29, 0.717) is 56.0 Å². The third kappa shape index (κ3) is 6.13. The standard InChI is InChI=1S/C36H38ClN7O3/c1-24(26-13-19-46-22-26)35(45)44-18-17-43(20-27(44)11-14-38)34-29-12-16-42(32-10-4-7-25-6-3-9-30(37)33(25)32)21-31(29)39-36(40-34)47-23-28-8-5-15-41(28)2/h3-4,6-7,9-10,13,19,22,27-28H,1,5,8,11-12,15-18,20-21,23H2,2H3/t27-,28-/m0/s1. The average Bonchev–Trinajstić information content (AvgIpc) is 3.78. The molecule has 0 saturated carbocycles. The van der Waals surface area contributed by atoms with Gasteiger partial charge in [-0.25, -0.2) is 0 Å². The number of carbonyl (C=O) groups excluding carboxylic acids is 1. The molecule has 3 aliphatic heterocycles. The van der Waals surface area contributed by atoms with E-state index in [1.54, 1.807) is 11.0 Å². The van der Waals surface area contributed by atoms with E-state index in [1.807, 2.05) is 12.1 Å². The Labute approximate surface area is 279 Å². The van der Waals surface area contributed by atoms with Gasteiger partial charge in [0.15, 0.2) is 0 Å². The van der Waals surface area contributed by atoms with Gasteiger partial charge < -0.3 is 28.8 Å². The maximum atomic E-state index is 13.5. The highest BCUT2D eigenvalue weighted by Gasteiger charge is 2.35. The molecule has 0 radical (unpaired) electrons. The largest absolute Gasteiger partial charge is 0.472 e. The number of rotatable bonds is 8. The first-order chi connectivity index (χ1) is 22.9. The minimum Gasteiger partial charge on any atom is -0.472 e. The Hall–Kier alpha value is -4.59. The van der Waals surface area contributed by atoms with Gasteiger partial charge in [-0.15, -0.1) is 0 Å². The number of piperazine rings is 1. The van der Waals surface area contributed by atoms with Crippen molar-refractivity contribution >= 4 is 45.4 Å². The third-order valence-electron chi connectivity index (χ3n) is 9.77. The van der Waals surface area contributed by atoms with Crippen molar-refractivity contribution in [3.05, 3.63) is 83.4 Å². The summed E-state index contributed by atoms with van der Waals surface area (Å²) in [5.74, 6) is 0.634. The predicted octanol–water partition coefficient (Wildman–Crippen LogP) is 5.56. The van der Waals surface area contributed by atoms with E-state index in [2.05, 4.69) is 58.7 Å². The first kappa shape index (κ1) is 31.0. The van der Waals surface area contributed by atoms with E-state index in [9.17, 15) is 10.1 Å². The van der Waals surface area contributed by atoms with Crippen LogP contribution in [0.15, 0.2) is 66.0 Å². The minimum atomic E-state index is -0.329. The Morgan fingerprint density at radius 2 is 1.96 bits per heavy atom. The molecule has 242 valence electrons. The van der Waals surface area contributed by atoms with Crippen LogP contribution in [-0.4, -0.2) is 84.1 Å². The van der Waals surface area contributed by atoms with E-state index in [0.717, 1.165) is 70.9 Å². The van der Waals surface area contributed by atoms with E-state index in [1.165, 1.54) is 12.5 Å². The van der Waals surface area contributed by atoms with Crippen molar-refractivity contribution in [2.75, 3.05) is 56.2 Å². The van der Waals surface area contributed by atoms with Gasteiger partial charge in [0.05, 0.1) is 48.3 Å². The number of furan rings is 1. The van der Waals surface area contributed by atoms with Gasteiger partial charge in [-0.2, -0.15) is 15.2 Å². The molecule has 0 N–H and O–H groups in total. The van der Waals surface area contributed by atoms with Crippen molar-refractivity contribution < 1.29 is 13.9 Å². The van der Waals surface area contributed by atoms with Crippen molar-refractivity contribution in [3.63, 3.8) is 0 Å². The SMILES string of the molecule is C=C(C(=O)N1CCN(c2nc(OC[C@@H]3CCCN3C)nc3c2CCN(c2cccc4cccc(Cl)c24)C3)C[C@@H]1CC#N)c1ccoc1. The summed E-state index contributed by atoms with van der Waals surface area (Å²) in [5.41, 5.74) is 4.08. The van der Waals surface area contributed by atoms with Crippen LogP contribution in [0.4, 0.5) is 11.5 Å². The first-order valence-electron chi connectivity index (χ1n) is 16.2. The van der Waals surface area contributed by atoms with Crippen LogP contribution in [0.3, 0.4) is 0 Å². The molecule has 10 nitrogen and oxygen atoms in total. The number of carbonyl (C=O) groups is 1. The lowest BCUT2D eigenvalue weighted by Crippen LogP contribution is -2.55. The summed E-state index contributed by atoms with van der Waals surface area (Å²) in [5, 5.41) is 12.6. The summed E-state index contributed by atoms with van der Waals surface area (Å²) in [7, 11) is 2.13. The summed E-state index contributed by atoms with van der Waals surface area (Å²) in [6.07, 6.45) is 6.21. The monoisotopic (exact) mass is 651 g/mol. The molecule has 2 fully saturated rings. The number of benzene rings is 2. The maximum absolute atomic E-state index is 13.5. The van der Waals surface area contributed by atoms with Crippen LogP contribution in [0.25, 0.3) is 16.3 Å². The summed E-state index contributed by atoms with van der Waals surface area (Å²) in [4.78, 5) is 32.2. The molecule has 2 saturated heterocycles. The highest BCUT2D eigenvalue weighted by molar-refractivity contribution is 6.36. The highest BCUT2D eigenvalue weighted by Crippen LogP contribution is 2.37. The van der Waals surface area contributed by atoms with Crippen LogP contribution in [0, 0.1) is 11.3 Å². The molecule has 47 heavy (non-hydrogen) atoms. The topological polar surface area (TPSA) is 102 Å². The number of likely N-dealkylation sites (N-methyl/N-ethyl adjacent to an activating group) is 1. The third-order valence-corrected chi connectivity index (χ3v) is 10.1. The van der Waals surface area contributed by atoms with E-state index < -0.39 is 0 Å². The molecule has 2 atom stereocenters. The molecular formula is C36H38ClN7O3. The molecule has 2 aromatic heterocycles. The highest BCUT2D eigenvalue weighted by atomic mass is 35.5. The lowest BCUT2D eigenvalue weighted by Gasteiger charge is -2.42. The Morgan fingerprint density at radius 1 is 1.11 bits per heavy atom. The number of aromatic nitrogens is 2. The van der Waals surface area contributed by atoms with Crippen molar-refractivity contribution in [1.29, 1.82) is 5.26 Å². The zero-order chi connectivity index (χ0) is 32.5. The minimum absolute atomic E-state index is 0.190. The number of nitrogens with zero attached hydrogens (tertiary/aromatic N) is 7. The lowest BCUT2D eigenvalue weighted by atomic mass is 10.0. The number of hydrogen-bond acceptors (Lipinski definition) is 9. The second-order valence-corrected chi connectivity index (χ2v) is 13.0. The van der Waals surface area contributed by atoms with Crippen LogP contribution in [0.2, 0.25) is 5.02 Å². The summed E-state index contributed by atoms with van der Waals surface area (Å²) in [6.45, 7) is 8.42. The molecule has 3 aliphatic rings. The fraction of sp³-hybridized carbons (Fsp3) is 0.389. The number of halogens is 1. The molecule has 7 rings (SSSR count). The van der Waals surface area contributed by atoms with Gasteiger partial charge in [0.25, 0.3) is 5.91 Å². The van der Waals surface area contributed by atoms with Gasteiger partial charge in [-0.05, 0) is 56.4 Å². The number of anilines is 2. The maximum Gasteiger partial charge on any atom is 0.318 e. The second kappa shape index (κ2) is 13.3.